The minimum Gasteiger partial charge on any atom is -0.463 e. The van der Waals surface area contributed by atoms with Crippen LogP contribution in [-0.2, 0) is 19.1 Å². The summed E-state index contributed by atoms with van der Waals surface area (Å²) < 4.78 is 4.97. The Hall–Kier alpha value is -1.89. The molecular weight excluding hydrogens is 418 g/mol. The van der Waals surface area contributed by atoms with Crippen LogP contribution in [0.5, 0.6) is 0 Å². The number of rotatable bonds is 8. The largest absolute Gasteiger partial charge is 0.463 e. The summed E-state index contributed by atoms with van der Waals surface area (Å²) in [5.41, 5.74) is 0.0160. The minimum absolute atomic E-state index is 0.0908. The van der Waals surface area contributed by atoms with Gasteiger partial charge in [-0.3, -0.25) is 14.5 Å². The average molecular weight is 468 g/mol. The molecule has 3 atom stereocenters. The highest BCUT2D eigenvalue weighted by Gasteiger charge is 2.38. The van der Waals surface area contributed by atoms with Gasteiger partial charge in [0, 0.05) is 25.7 Å². The van der Waals surface area contributed by atoms with Crippen molar-refractivity contribution in [2.75, 3.05) is 33.8 Å². The van der Waals surface area contributed by atoms with Crippen LogP contribution in [0.1, 0.15) is 81.1 Å². The van der Waals surface area contributed by atoms with Crippen LogP contribution in [-0.4, -0.2) is 73.5 Å². The van der Waals surface area contributed by atoms with Gasteiger partial charge in [0.1, 0.15) is 6.04 Å². The molecular formula is C26H49N3O4. The van der Waals surface area contributed by atoms with Crippen LogP contribution in [0, 0.1) is 11.3 Å². The second-order valence-corrected chi connectivity index (χ2v) is 10.1. The molecule has 1 fully saturated rings. The molecule has 192 valence electrons. The lowest BCUT2D eigenvalue weighted by Gasteiger charge is -2.39. The van der Waals surface area contributed by atoms with Crippen LogP contribution in [0.4, 0.5) is 0 Å². The van der Waals surface area contributed by atoms with E-state index in [1.807, 2.05) is 27.8 Å². The molecule has 1 saturated heterocycles. The van der Waals surface area contributed by atoms with Gasteiger partial charge in [-0.25, -0.2) is 4.79 Å². The minimum atomic E-state index is -0.649. The highest BCUT2D eigenvalue weighted by atomic mass is 16.5. The average Bonchev–Trinajstić information content (AvgIpc) is 2.74. The van der Waals surface area contributed by atoms with Gasteiger partial charge in [-0.2, -0.15) is 0 Å². The van der Waals surface area contributed by atoms with Crippen molar-refractivity contribution < 1.29 is 19.1 Å². The number of nitrogens with zero attached hydrogens (tertiary/aromatic N) is 2. The van der Waals surface area contributed by atoms with E-state index in [0.29, 0.717) is 18.1 Å². The van der Waals surface area contributed by atoms with E-state index >= 15 is 0 Å². The Morgan fingerprint density at radius 2 is 1.73 bits per heavy atom. The van der Waals surface area contributed by atoms with Gasteiger partial charge in [0.15, 0.2) is 0 Å². The molecule has 0 aliphatic carbocycles. The number of hydrogen-bond donors (Lipinski definition) is 1. The molecule has 1 aliphatic rings. The third-order valence-electron chi connectivity index (χ3n) is 5.85. The number of hydrogen-bond acceptors (Lipinski definition) is 5. The Kier molecular flexibility index (Phi) is 14.2. The number of ether oxygens (including phenoxy) is 1. The van der Waals surface area contributed by atoms with Gasteiger partial charge >= 0.3 is 5.97 Å². The smallest absolute Gasteiger partial charge is 0.333 e. The van der Waals surface area contributed by atoms with E-state index in [-0.39, 0.29) is 30.4 Å². The summed E-state index contributed by atoms with van der Waals surface area (Å²) in [5.74, 6) is -0.0231. The monoisotopic (exact) mass is 467 g/mol. The van der Waals surface area contributed by atoms with E-state index in [1.165, 1.54) is 11.3 Å². The molecule has 2 amide bonds. The van der Waals surface area contributed by atoms with Crippen LogP contribution in [0.15, 0.2) is 11.6 Å². The van der Waals surface area contributed by atoms with Gasteiger partial charge in [0.2, 0.25) is 11.8 Å². The fourth-order valence-corrected chi connectivity index (χ4v) is 3.70. The first kappa shape index (κ1) is 31.1. The molecule has 7 heteroatoms. The number of likely N-dealkylation sites (N-methyl/N-ethyl adjacent to an activating group) is 2. The molecule has 0 radical (unpaired) electrons. The Morgan fingerprint density at radius 1 is 1.15 bits per heavy atom. The van der Waals surface area contributed by atoms with E-state index in [0.717, 1.165) is 25.8 Å². The van der Waals surface area contributed by atoms with E-state index in [9.17, 15) is 14.4 Å². The van der Waals surface area contributed by atoms with E-state index in [1.54, 1.807) is 27.0 Å². The standard InChI is InChI=1S/C23H41N3O4.C3H8/c1-9-17-11-12-18(26(8)15-17)20(27)24-19(23(4,5)6)21(28)25(7)14-13-16(3)22(29)30-10-2;1-3-2/h13,17-19H,9-12,14-15H2,1-8H3,(H,24,27);3H2,1-2H3/b16-13+;/t17-,18-,19?;/m0./s1. The molecule has 0 spiro atoms. The predicted octanol–water partition coefficient (Wildman–Crippen LogP) is 4.02. The van der Waals surface area contributed by atoms with Gasteiger partial charge < -0.3 is 15.0 Å². The lowest BCUT2D eigenvalue weighted by molar-refractivity contribution is -0.140. The highest BCUT2D eigenvalue weighted by Crippen LogP contribution is 2.25. The number of likely N-dealkylation sites (tertiary alicyclic amines) is 1. The normalized spacial score (nSPS) is 20.2. The molecule has 1 rings (SSSR count). The second-order valence-electron chi connectivity index (χ2n) is 10.1. The van der Waals surface area contributed by atoms with Gasteiger partial charge in [-0.05, 0) is 45.1 Å². The molecule has 0 aromatic rings. The molecule has 0 bridgehead atoms. The summed E-state index contributed by atoms with van der Waals surface area (Å²) >= 11 is 0. The lowest BCUT2D eigenvalue weighted by atomic mass is 9.85. The number of carbonyl (C=O) groups is 3. The molecule has 0 saturated carbocycles. The molecule has 0 aromatic heterocycles. The van der Waals surface area contributed by atoms with Crippen molar-refractivity contribution >= 4 is 17.8 Å². The van der Waals surface area contributed by atoms with Gasteiger partial charge in [0.05, 0.1) is 12.6 Å². The molecule has 33 heavy (non-hydrogen) atoms. The number of amides is 2. The first-order chi connectivity index (χ1) is 15.3. The van der Waals surface area contributed by atoms with Gasteiger partial charge in [-0.1, -0.05) is 60.5 Å². The van der Waals surface area contributed by atoms with Crippen LogP contribution in [0.2, 0.25) is 0 Å². The Labute approximate surface area is 202 Å². The molecule has 1 unspecified atom stereocenters. The Morgan fingerprint density at radius 3 is 2.18 bits per heavy atom. The van der Waals surface area contributed by atoms with Crippen molar-refractivity contribution in [3.63, 3.8) is 0 Å². The lowest BCUT2D eigenvalue weighted by Crippen LogP contribution is -2.58. The maximum atomic E-state index is 13.1. The fraction of sp³-hybridized carbons (Fsp3) is 0.808. The SMILES string of the molecule is CCC.CCOC(=O)/C(C)=C/CN(C)C(=O)C(NC(=O)[C@@H]1CC[C@H](CC)CN1C)C(C)(C)C. The molecule has 7 nitrogen and oxygen atoms in total. The first-order valence-corrected chi connectivity index (χ1v) is 12.4. The quantitative estimate of drug-likeness (QED) is 0.431. The van der Waals surface area contributed by atoms with E-state index < -0.39 is 11.5 Å². The topological polar surface area (TPSA) is 79.0 Å². The Bertz CT molecular complexity index is 654. The first-order valence-electron chi connectivity index (χ1n) is 12.4. The molecule has 0 aromatic carbocycles. The van der Waals surface area contributed by atoms with Crippen molar-refractivity contribution in [2.45, 2.75) is 93.2 Å². The molecule has 1 N–H and O–H groups in total. The van der Waals surface area contributed by atoms with Crippen molar-refractivity contribution in [3.8, 4) is 0 Å². The summed E-state index contributed by atoms with van der Waals surface area (Å²) in [5, 5.41) is 3.02. The number of nitrogens with one attached hydrogen (secondary N) is 1. The van der Waals surface area contributed by atoms with E-state index in [2.05, 4.69) is 31.0 Å². The third kappa shape index (κ3) is 10.7. The number of esters is 1. The van der Waals surface area contributed by atoms with Crippen LogP contribution in [0.3, 0.4) is 0 Å². The van der Waals surface area contributed by atoms with Gasteiger partial charge in [-0.15, -0.1) is 0 Å². The third-order valence-corrected chi connectivity index (χ3v) is 5.85. The number of carbonyl (C=O) groups excluding carboxylic acids is 3. The summed E-state index contributed by atoms with van der Waals surface area (Å²) in [7, 11) is 3.66. The maximum absolute atomic E-state index is 13.1. The number of piperidine rings is 1. The molecule has 1 heterocycles. The summed E-state index contributed by atoms with van der Waals surface area (Å²) in [6.07, 6.45) is 5.89. The van der Waals surface area contributed by atoms with Gasteiger partial charge in [0.25, 0.3) is 0 Å². The second kappa shape index (κ2) is 15.1. The predicted molar refractivity (Wildman–Crippen MR) is 135 cm³/mol. The van der Waals surface area contributed by atoms with Crippen molar-refractivity contribution in [3.05, 3.63) is 11.6 Å². The maximum Gasteiger partial charge on any atom is 0.333 e. The van der Waals surface area contributed by atoms with Crippen LogP contribution >= 0.6 is 0 Å². The zero-order valence-corrected chi connectivity index (χ0v) is 22.8. The Balaban J connectivity index is 0.00000322. The van der Waals surface area contributed by atoms with E-state index in [4.69, 9.17) is 4.74 Å². The fourth-order valence-electron chi connectivity index (χ4n) is 3.70. The van der Waals surface area contributed by atoms with Crippen molar-refractivity contribution in [1.29, 1.82) is 0 Å². The van der Waals surface area contributed by atoms with Crippen LogP contribution < -0.4 is 5.32 Å². The zero-order chi connectivity index (χ0) is 25.8. The summed E-state index contributed by atoms with van der Waals surface area (Å²) in [4.78, 5) is 41.6. The van der Waals surface area contributed by atoms with Crippen molar-refractivity contribution in [1.82, 2.24) is 15.1 Å². The zero-order valence-electron chi connectivity index (χ0n) is 22.8. The molecule has 1 aliphatic heterocycles. The summed E-state index contributed by atoms with van der Waals surface area (Å²) in [6, 6.07) is -0.856. The summed E-state index contributed by atoms with van der Waals surface area (Å²) in [6.45, 7) is 17.2. The van der Waals surface area contributed by atoms with Crippen LogP contribution in [0.25, 0.3) is 0 Å². The highest BCUT2D eigenvalue weighted by molar-refractivity contribution is 5.91. The van der Waals surface area contributed by atoms with Crippen molar-refractivity contribution in [2.24, 2.45) is 11.3 Å².